The molecule has 3 N–H and O–H groups in total. The van der Waals surface area contributed by atoms with Gasteiger partial charge in [-0.05, 0) is 28.1 Å². The highest BCUT2D eigenvalue weighted by Crippen LogP contribution is 2.05. The van der Waals surface area contributed by atoms with Crippen molar-refractivity contribution in [2.24, 2.45) is 5.73 Å². The summed E-state index contributed by atoms with van der Waals surface area (Å²) in [5.74, 6) is -0.148. The zero-order valence-electron chi connectivity index (χ0n) is 6.96. The van der Waals surface area contributed by atoms with E-state index in [4.69, 9.17) is 5.73 Å². The number of hydrogen-bond acceptors (Lipinski definition) is 3. The molecule has 0 aliphatic rings. The number of rotatable bonds is 3. The first kappa shape index (κ1) is 10.1. The molecule has 0 radical (unpaired) electrons. The molecule has 1 rings (SSSR count). The van der Waals surface area contributed by atoms with Crippen molar-refractivity contribution in [1.29, 1.82) is 0 Å². The minimum atomic E-state index is -0.148. The number of pyridine rings is 1. The number of amides is 1. The molecule has 0 saturated carbocycles. The lowest BCUT2D eigenvalue weighted by Gasteiger charge is -2.02. The number of halogens is 1. The van der Waals surface area contributed by atoms with Crippen LogP contribution in [0.4, 0.5) is 0 Å². The molecule has 0 atom stereocenters. The van der Waals surface area contributed by atoms with Crippen molar-refractivity contribution in [2.45, 2.75) is 0 Å². The van der Waals surface area contributed by atoms with E-state index < -0.39 is 0 Å². The lowest BCUT2D eigenvalue weighted by molar-refractivity contribution is 0.0954. The first-order chi connectivity index (χ1) is 6.24. The van der Waals surface area contributed by atoms with Crippen LogP contribution in [0.2, 0.25) is 0 Å². The molecule has 13 heavy (non-hydrogen) atoms. The molecule has 0 bridgehead atoms. The van der Waals surface area contributed by atoms with Gasteiger partial charge in [-0.25, -0.2) is 4.98 Å². The molecule has 1 heterocycles. The molecule has 5 heteroatoms. The molecule has 1 amide bonds. The Labute approximate surface area is 84.7 Å². The Kier molecular flexibility index (Phi) is 3.85. The van der Waals surface area contributed by atoms with Gasteiger partial charge >= 0.3 is 0 Å². The van der Waals surface area contributed by atoms with Gasteiger partial charge in [0.25, 0.3) is 5.91 Å². The first-order valence-electron chi connectivity index (χ1n) is 3.84. The Morgan fingerprint density at radius 3 is 2.92 bits per heavy atom. The molecule has 0 aliphatic carbocycles. The van der Waals surface area contributed by atoms with Gasteiger partial charge in [-0.1, -0.05) is 0 Å². The summed E-state index contributed by atoms with van der Waals surface area (Å²) in [5.41, 5.74) is 5.78. The maximum atomic E-state index is 11.3. The van der Waals surface area contributed by atoms with Gasteiger partial charge in [-0.15, -0.1) is 0 Å². The zero-order chi connectivity index (χ0) is 9.68. The van der Waals surface area contributed by atoms with Gasteiger partial charge in [0.2, 0.25) is 0 Å². The number of nitrogens with two attached hydrogens (primary N) is 1. The van der Waals surface area contributed by atoms with E-state index in [9.17, 15) is 4.79 Å². The van der Waals surface area contributed by atoms with Crippen LogP contribution in [-0.2, 0) is 0 Å². The second kappa shape index (κ2) is 4.94. The quantitative estimate of drug-likeness (QED) is 0.762. The van der Waals surface area contributed by atoms with Gasteiger partial charge in [0, 0.05) is 19.3 Å². The highest BCUT2D eigenvalue weighted by Gasteiger charge is 2.03. The maximum Gasteiger partial charge on any atom is 0.252 e. The highest BCUT2D eigenvalue weighted by atomic mass is 79.9. The standard InChI is InChI=1S/C8H10BrN3O/c9-7-2-1-6(5-12-7)8(13)11-4-3-10/h1-2,5H,3-4,10H2,(H,11,13). The smallest absolute Gasteiger partial charge is 0.252 e. The fraction of sp³-hybridized carbons (Fsp3) is 0.250. The van der Waals surface area contributed by atoms with Crippen LogP contribution in [0.3, 0.4) is 0 Å². The maximum absolute atomic E-state index is 11.3. The van der Waals surface area contributed by atoms with Gasteiger partial charge in [-0.2, -0.15) is 0 Å². The summed E-state index contributed by atoms with van der Waals surface area (Å²) in [7, 11) is 0. The van der Waals surface area contributed by atoms with Gasteiger partial charge in [0.05, 0.1) is 5.56 Å². The van der Waals surface area contributed by atoms with E-state index >= 15 is 0 Å². The first-order valence-corrected chi connectivity index (χ1v) is 4.63. The van der Waals surface area contributed by atoms with Crippen molar-refractivity contribution in [1.82, 2.24) is 10.3 Å². The van der Waals surface area contributed by atoms with E-state index in [2.05, 4.69) is 26.2 Å². The highest BCUT2D eigenvalue weighted by molar-refractivity contribution is 9.10. The van der Waals surface area contributed by atoms with Crippen LogP contribution < -0.4 is 11.1 Å². The zero-order valence-corrected chi connectivity index (χ0v) is 8.54. The molecular weight excluding hydrogens is 234 g/mol. The predicted molar refractivity (Wildman–Crippen MR) is 53.3 cm³/mol. The second-order valence-corrected chi connectivity index (χ2v) is 3.23. The van der Waals surface area contributed by atoms with Gasteiger partial charge < -0.3 is 11.1 Å². The Hall–Kier alpha value is -0.940. The van der Waals surface area contributed by atoms with Crippen LogP contribution in [0.5, 0.6) is 0 Å². The summed E-state index contributed by atoms with van der Waals surface area (Å²) in [5, 5.41) is 2.65. The lowest BCUT2D eigenvalue weighted by Crippen LogP contribution is -2.28. The molecule has 0 aliphatic heterocycles. The van der Waals surface area contributed by atoms with Crippen LogP contribution >= 0.6 is 15.9 Å². The summed E-state index contributed by atoms with van der Waals surface area (Å²) in [4.78, 5) is 15.2. The Morgan fingerprint density at radius 1 is 1.62 bits per heavy atom. The average Bonchev–Trinajstić information content (AvgIpc) is 2.15. The monoisotopic (exact) mass is 243 g/mol. The molecule has 0 unspecified atom stereocenters. The van der Waals surface area contributed by atoms with Gasteiger partial charge in [-0.3, -0.25) is 4.79 Å². The summed E-state index contributed by atoms with van der Waals surface area (Å²) in [6, 6.07) is 3.42. The van der Waals surface area contributed by atoms with Crippen molar-refractivity contribution in [3.05, 3.63) is 28.5 Å². The summed E-state index contributed by atoms with van der Waals surface area (Å²) in [6.45, 7) is 0.921. The van der Waals surface area contributed by atoms with Crippen molar-refractivity contribution >= 4 is 21.8 Å². The lowest BCUT2D eigenvalue weighted by atomic mass is 10.3. The molecule has 0 spiro atoms. The topological polar surface area (TPSA) is 68.0 Å². The van der Waals surface area contributed by atoms with Crippen LogP contribution in [0, 0.1) is 0 Å². The fourth-order valence-electron chi connectivity index (χ4n) is 0.798. The molecule has 1 aromatic rings. The minimum Gasteiger partial charge on any atom is -0.351 e. The van der Waals surface area contributed by atoms with E-state index in [1.807, 2.05) is 0 Å². The van der Waals surface area contributed by atoms with Gasteiger partial charge in [0.15, 0.2) is 0 Å². The second-order valence-electron chi connectivity index (χ2n) is 2.41. The Morgan fingerprint density at radius 2 is 2.38 bits per heavy atom. The van der Waals surface area contributed by atoms with Crippen molar-refractivity contribution in [3.63, 3.8) is 0 Å². The van der Waals surface area contributed by atoms with E-state index in [0.29, 0.717) is 23.3 Å². The number of hydrogen-bond donors (Lipinski definition) is 2. The van der Waals surface area contributed by atoms with Crippen molar-refractivity contribution < 1.29 is 4.79 Å². The third-order valence-corrected chi connectivity index (χ3v) is 1.89. The molecular formula is C8H10BrN3O. The van der Waals surface area contributed by atoms with E-state index in [-0.39, 0.29) is 5.91 Å². The number of nitrogens with one attached hydrogen (secondary N) is 1. The van der Waals surface area contributed by atoms with Gasteiger partial charge in [0.1, 0.15) is 4.60 Å². The molecule has 0 fully saturated rings. The van der Waals surface area contributed by atoms with Crippen LogP contribution in [0.15, 0.2) is 22.9 Å². The Balaban J connectivity index is 2.61. The molecule has 4 nitrogen and oxygen atoms in total. The summed E-state index contributed by atoms with van der Waals surface area (Å²) in [6.07, 6.45) is 1.51. The summed E-state index contributed by atoms with van der Waals surface area (Å²) < 4.78 is 0.711. The van der Waals surface area contributed by atoms with Crippen molar-refractivity contribution in [3.8, 4) is 0 Å². The predicted octanol–water partition coefficient (Wildman–Crippen LogP) is 0.533. The third-order valence-electron chi connectivity index (χ3n) is 1.42. The van der Waals surface area contributed by atoms with Crippen LogP contribution in [-0.4, -0.2) is 24.0 Å². The average molecular weight is 244 g/mol. The fourth-order valence-corrected chi connectivity index (χ4v) is 1.03. The van der Waals surface area contributed by atoms with Crippen molar-refractivity contribution in [2.75, 3.05) is 13.1 Å². The normalized spacial score (nSPS) is 9.69. The number of carbonyl (C=O) groups is 1. The molecule has 1 aromatic heterocycles. The number of aromatic nitrogens is 1. The third kappa shape index (κ3) is 3.12. The Bertz CT molecular complexity index is 286. The largest absolute Gasteiger partial charge is 0.351 e. The van der Waals surface area contributed by atoms with E-state index in [0.717, 1.165) is 0 Å². The minimum absolute atomic E-state index is 0.148. The van der Waals surface area contributed by atoms with Crippen LogP contribution in [0.1, 0.15) is 10.4 Å². The SMILES string of the molecule is NCCNC(=O)c1ccc(Br)nc1. The number of nitrogens with zero attached hydrogens (tertiary/aromatic N) is 1. The van der Waals surface area contributed by atoms with E-state index in [1.165, 1.54) is 6.20 Å². The summed E-state index contributed by atoms with van der Waals surface area (Å²) >= 11 is 3.18. The van der Waals surface area contributed by atoms with E-state index in [1.54, 1.807) is 12.1 Å². The number of carbonyl (C=O) groups excluding carboxylic acids is 1. The molecule has 70 valence electrons. The van der Waals surface area contributed by atoms with Crippen LogP contribution in [0.25, 0.3) is 0 Å². The molecule has 0 aromatic carbocycles. The molecule has 0 saturated heterocycles.